The number of hydrogen-bond acceptors (Lipinski definition) is 2. The van der Waals surface area contributed by atoms with Gasteiger partial charge in [0.05, 0.1) is 0 Å². The van der Waals surface area contributed by atoms with Crippen LogP contribution in [0, 0.1) is 0 Å². The van der Waals surface area contributed by atoms with Crippen molar-refractivity contribution in [3.63, 3.8) is 0 Å². The summed E-state index contributed by atoms with van der Waals surface area (Å²) < 4.78 is 14.3. The van der Waals surface area contributed by atoms with E-state index in [0.717, 1.165) is 8.87 Å². The fraction of sp³-hybridized carbons (Fsp3) is 1.00. The van der Waals surface area contributed by atoms with Crippen molar-refractivity contribution in [1.82, 2.24) is 0 Å². The van der Waals surface area contributed by atoms with Crippen LogP contribution in [0.2, 0.25) is 8.87 Å². The van der Waals surface area contributed by atoms with E-state index in [1.165, 1.54) is 0 Å². The molecule has 0 aromatic carbocycles. The van der Waals surface area contributed by atoms with Crippen molar-refractivity contribution in [2.75, 3.05) is 0 Å². The molecular weight excluding hydrogens is 271 g/mol. The van der Waals surface area contributed by atoms with Gasteiger partial charge in [-0.05, 0) is 0 Å². The molecule has 13 heavy (non-hydrogen) atoms. The van der Waals surface area contributed by atoms with Gasteiger partial charge in [-0.15, -0.1) is 0 Å². The van der Waals surface area contributed by atoms with Crippen molar-refractivity contribution < 1.29 is 6.15 Å². The summed E-state index contributed by atoms with van der Waals surface area (Å²) in [7, 11) is 0. The SMILES string of the molecule is C[CH2][Sn]([CH2]C)([O]C(C)C)[O]C(C)C. The summed E-state index contributed by atoms with van der Waals surface area (Å²) in [6, 6.07) is 0. The van der Waals surface area contributed by atoms with Crippen molar-refractivity contribution in [2.45, 2.75) is 62.6 Å². The van der Waals surface area contributed by atoms with E-state index in [1.54, 1.807) is 0 Å². The summed E-state index contributed by atoms with van der Waals surface area (Å²) in [5.41, 5.74) is 0. The fourth-order valence-corrected chi connectivity index (χ4v) is 9.86. The molecule has 0 saturated heterocycles. The quantitative estimate of drug-likeness (QED) is 0.700. The first-order valence-corrected chi connectivity index (χ1v) is 11.7. The number of hydrogen-bond donors (Lipinski definition) is 0. The third kappa shape index (κ3) is 5.23. The molecule has 3 heteroatoms. The van der Waals surface area contributed by atoms with Gasteiger partial charge in [0.2, 0.25) is 0 Å². The molecule has 0 fully saturated rings. The Balaban J connectivity index is 4.30. The monoisotopic (exact) mass is 296 g/mol. The normalized spacial score (nSPS) is 12.9. The van der Waals surface area contributed by atoms with Crippen LogP contribution in [0.3, 0.4) is 0 Å². The van der Waals surface area contributed by atoms with Gasteiger partial charge in [-0.2, -0.15) is 0 Å². The fourth-order valence-electron chi connectivity index (χ4n) is 1.47. The van der Waals surface area contributed by atoms with Crippen LogP contribution >= 0.6 is 0 Å². The minimum absolute atomic E-state index is 0.314. The Morgan fingerprint density at radius 2 is 1.15 bits per heavy atom. The van der Waals surface area contributed by atoms with Crippen molar-refractivity contribution >= 4 is 19.2 Å². The predicted molar refractivity (Wildman–Crippen MR) is 59.2 cm³/mol. The van der Waals surface area contributed by atoms with Crippen molar-refractivity contribution in [3.8, 4) is 0 Å². The Morgan fingerprint density at radius 1 is 0.846 bits per heavy atom. The van der Waals surface area contributed by atoms with Crippen LogP contribution in [-0.2, 0) is 6.15 Å². The Bertz CT molecular complexity index is 119. The van der Waals surface area contributed by atoms with Crippen LogP contribution in [0.5, 0.6) is 0 Å². The van der Waals surface area contributed by atoms with Gasteiger partial charge in [-0.3, -0.25) is 0 Å². The predicted octanol–water partition coefficient (Wildman–Crippen LogP) is 3.32. The van der Waals surface area contributed by atoms with Gasteiger partial charge in [0.15, 0.2) is 0 Å². The van der Waals surface area contributed by atoms with E-state index in [4.69, 9.17) is 6.15 Å². The van der Waals surface area contributed by atoms with Gasteiger partial charge < -0.3 is 0 Å². The molecule has 0 saturated carbocycles. The van der Waals surface area contributed by atoms with Gasteiger partial charge in [-0.25, -0.2) is 0 Å². The minimum atomic E-state index is -2.64. The Kier molecular flexibility index (Phi) is 6.59. The molecule has 0 amide bonds. The van der Waals surface area contributed by atoms with E-state index >= 15 is 0 Å². The Labute approximate surface area is 88.0 Å². The maximum atomic E-state index is 6.03. The molecule has 0 aromatic heterocycles. The average molecular weight is 295 g/mol. The second-order valence-corrected chi connectivity index (χ2v) is 14.5. The number of rotatable bonds is 6. The third-order valence-corrected chi connectivity index (χ3v) is 13.3. The summed E-state index contributed by atoms with van der Waals surface area (Å²) in [4.78, 5) is 0. The molecule has 0 N–H and O–H groups in total. The van der Waals surface area contributed by atoms with Crippen LogP contribution in [0.4, 0.5) is 0 Å². The van der Waals surface area contributed by atoms with Crippen molar-refractivity contribution in [2.24, 2.45) is 0 Å². The zero-order valence-corrected chi connectivity index (χ0v) is 12.7. The van der Waals surface area contributed by atoms with Gasteiger partial charge in [0, 0.05) is 0 Å². The van der Waals surface area contributed by atoms with Gasteiger partial charge in [0.25, 0.3) is 0 Å². The molecule has 0 aliphatic rings. The van der Waals surface area contributed by atoms with E-state index in [2.05, 4.69) is 41.5 Å². The first kappa shape index (κ1) is 13.7. The maximum absolute atomic E-state index is 6.03. The molecule has 0 heterocycles. The summed E-state index contributed by atoms with van der Waals surface area (Å²) in [5.74, 6) is 0. The molecule has 0 unspecified atom stereocenters. The molecule has 0 aliphatic heterocycles. The first-order chi connectivity index (χ1) is 5.95. The van der Waals surface area contributed by atoms with E-state index in [0.29, 0.717) is 12.2 Å². The van der Waals surface area contributed by atoms with Gasteiger partial charge >= 0.3 is 88.0 Å². The summed E-state index contributed by atoms with van der Waals surface area (Å²) >= 11 is -2.64. The van der Waals surface area contributed by atoms with Crippen LogP contribution in [0.25, 0.3) is 0 Å². The average Bonchev–Trinajstić information content (AvgIpc) is 2.01. The van der Waals surface area contributed by atoms with Crippen LogP contribution in [0.1, 0.15) is 41.5 Å². The first-order valence-electron chi connectivity index (χ1n) is 5.31. The zero-order chi connectivity index (χ0) is 10.5. The molecule has 0 rings (SSSR count). The molecule has 0 radical (unpaired) electrons. The van der Waals surface area contributed by atoms with Gasteiger partial charge in [0.1, 0.15) is 0 Å². The van der Waals surface area contributed by atoms with Crippen molar-refractivity contribution in [3.05, 3.63) is 0 Å². The van der Waals surface area contributed by atoms with E-state index < -0.39 is 19.2 Å². The summed E-state index contributed by atoms with van der Waals surface area (Å²) in [5, 5.41) is 0. The summed E-state index contributed by atoms with van der Waals surface area (Å²) in [6.45, 7) is 12.8. The molecular formula is C10H24O2Sn. The molecule has 0 bridgehead atoms. The van der Waals surface area contributed by atoms with E-state index in [-0.39, 0.29) is 0 Å². The summed E-state index contributed by atoms with van der Waals surface area (Å²) in [6.07, 6.45) is 0.629. The van der Waals surface area contributed by atoms with Gasteiger partial charge in [-0.1, -0.05) is 0 Å². The molecule has 0 aromatic rings. The topological polar surface area (TPSA) is 18.5 Å². The molecule has 0 aliphatic carbocycles. The molecule has 80 valence electrons. The second kappa shape index (κ2) is 6.25. The Hall–Kier alpha value is 0.719. The van der Waals surface area contributed by atoms with Crippen molar-refractivity contribution in [1.29, 1.82) is 0 Å². The van der Waals surface area contributed by atoms with E-state index in [1.807, 2.05) is 0 Å². The van der Waals surface area contributed by atoms with E-state index in [9.17, 15) is 0 Å². The standard InChI is InChI=1S/2C3H7O.2C2H5.Sn/c2*1-3(2)4;2*1-2;/h2*3H,1-2H3;2*1H2,2H3;/q2*-1;;;+2. The zero-order valence-electron chi connectivity index (χ0n) is 9.89. The molecule has 2 nitrogen and oxygen atoms in total. The van der Waals surface area contributed by atoms with Crippen LogP contribution in [-0.4, -0.2) is 31.4 Å². The van der Waals surface area contributed by atoms with Crippen LogP contribution in [0.15, 0.2) is 0 Å². The Morgan fingerprint density at radius 3 is 1.31 bits per heavy atom. The molecule has 0 spiro atoms. The molecule has 0 atom stereocenters. The third-order valence-electron chi connectivity index (χ3n) is 1.98. The second-order valence-electron chi connectivity index (χ2n) is 3.95. The van der Waals surface area contributed by atoms with Crippen LogP contribution < -0.4 is 0 Å².